The van der Waals surface area contributed by atoms with Gasteiger partial charge in [0.25, 0.3) is 0 Å². The van der Waals surface area contributed by atoms with Crippen molar-refractivity contribution in [3.05, 3.63) is 59.7 Å². The Morgan fingerprint density at radius 2 is 1.73 bits per heavy atom. The Morgan fingerprint density at radius 3 is 2.31 bits per heavy atom. The van der Waals surface area contributed by atoms with Crippen LogP contribution in [0, 0.1) is 0 Å². The SMILES string of the molecule is O=C(O)C(CC1CCCCN1)NCC1c2ccccc2-c2ccccc21. The van der Waals surface area contributed by atoms with Crippen LogP contribution in [0.5, 0.6) is 0 Å². The second-order valence-electron chi connectivity index (χ2n) is 7.41. The van der Waals surface area contributed by atoms with E-state index >= 15 is 0 Å². The van der Waals surface area contributed by atoms with E-state index in [0.717, 1.165) is 13.0 Å². The highest BCUT2D eigenvalue weighted by Crippen LogP contribution is 2.44. The van der Waals surface area contributed by atoms with Crippen molar-refractivity contribution in [3.63, 3.8) is 0 Å². The normalized spacial score (nSPS) is 20.4. The molecule has 0 spiro atoms. The van der Waals surface area contributed by atoms with Gasteiger partial charge in [-0.25, -0.2) is 0 Å². The first-order valence-electron chi connectivity index (χ1n) is 9.62. The van der Waals surface area contributed by atoms with E-state index in [2.05, 4.69) is 59.2 Å². The van der Waals surface area contributed by atoms with Crippen LogP contribution in [0.3, 0.4) is 0 Å². The van der Waals surface area contributed by atoms with Crippen molar-refractivity contribution >= 4 is 5.97 Å². The molecule has 1 aliphatic heterocycles. The molecule has 2 unspecified atom stereocenters. The Labute approximate surface area is 154 Å². The van der Waals surface area contributed by atoms with Crippen LogP contribution in [0.15, 0.2) is 48.5 Å². The van der Waals surface area contributed by atoms with Gasteiger partial charge >= 0.3 is 5.97 Å². The first kappa shape index (κ1) is 17.3. The van der Waals surface area contributed by atoms with Crippen molar-refractivity contribution in [1.29, 1.82) is 0 Å². The summed E-state index contributed by atoms with van der Waals surface area (Å²) in [4.78, 5) is 11.8. The van der Waals surface area contributed by atoms with Crippen molar-refractivity contribution in [2.45, 2.75) is 43.7 Å². The summed E-state index contributed by atoms with van der Waals surface area (Å²) in [7, 11) is 0. The number of aliphatic carboxylic acids is 1. The maximum Gasteiger partial charge on any atom is 0.320 e. The minimum atomic E-state index is -0.753. The maximum atomic E-state index is 11.8. The lowest BCUT2D eigenvalue weighted by atomic mass is 9.95. The summed E-state index contributed by atoms with van der Waals surface area (Å²) in [6, 6.07) is 16.7. The molecule has 1 heterocycles. The molecule has 136 valence electrons. The highest BCUT2D eigenvalue weighted by atomic mass is 16.4. The Morgan fingerprint density at radius 1 is 1.08 bits per heavy atom. The summed E-state index contributed by atoms with van der Waals surface area (Å²) in [5, 5.41) is 16.5. The van der Waals surface area contributed by atoms with E-state index in [0.29, 0.717) is 19.0 Å². The van der Waals surface area contributed by atoms with E-state index in [4.69, 9.17) is 0 Å². The molecule has 1 aliphatic carbocycles. The third-order valence-corrected chi connectivity index (χ3v) is 5.76. The van der Waals surface area contributed by atoms with Gasteiger partial charge in [-0.2, -0.15) is 0 Å². The number of nitrogens with one attached hydrogen (secondary N) is 2. The fourth-order valence-corrected chi connectivity index (χ4v) is 4.42. The van der Waals surface area contributed by atoms with Crippen LogP contribution in [0.2, 0.25) is 0 Å². The number of carboxylic acids is 1. The zero-order valence-electron chi connectivity index (χ0n) is 14.9. The average Bonchev–Trinajstić information content (AvgIpc) is 3.00. The number of carboxylic acid groups (broad SMARTS) is 1. The van der Waals surface area contributed by atoms with Gasteiger partial charge in [0, 0.05) is 18.5 Å². The molecule has 4 heteroatoms. The number of hydrogen-bond donors (Lipinski definition) is 3. The third-order valence-electron chi connectivity index (χ3n) is 5.76. The van der Waals surface area contributed by atoms with Gasteiger partial charge < -0.3 is 15.7 Å². The molecule has 3 N–H and O–H groups in total. The first-order valence-corrected chi connectivity index (χ1v) is 9.62. The summed E-state index contributed by atoms with van der Waals surface area (Å²) in [5.74, 6) is -0.541. The number of carbonyl (C=O) groups is 1. The lowest BCUT2D eigenvalue weighted by molar-refractivity contribution is -0.139. The number of piperidine rings is 1. The molecule has 4 rings (SSSR count). The molecule has 0 aromatic heterocycles. The quantitative estimate of drug-likeness (QED) is 0.747. The topological polar surface area (TPSA) is 61.4 Å². The number of rotatable bonds is 6. The molecular weight excluding hydrogens is 324 g/mol. The molecule has 1 saturated heterocycles. The third kappa shape index (κ3) is 3.39. The van der Waals surface area contributed by atoms with E-state index in [9.17, 15) is 9.90 Å². The first-order chi connectivity index (χ1) is 12.7. The fraction of sp³-hybridized carbons (Fsp3) is 0.409. The highest BCUT2D eigenvalue weighted by Gasteiger charge is 2.30. The van der Waals surface area contributed by atoms with Crippen molar-refractivity contribution in [1.82, 2.24) is 10.6 Å². The van der Waals surface area contributed by atoms with Gasteiger partial charge in [0.15, 0.2) is 0 Å². The summed E-state index contributed by atoms with van der Waals surface area (Å²) >= 11 is 0. The van der Waals surface area contributed by atoms with Crippen LogP contribution in [-0.2, 0) is 4.79 Å². The zero-order chi connectivity index (χ0) is 17.9. The largest absolute Gasteiger partial charge is 0.480 e. The predicted molar refractivity (Wildman–Crippen MR) is 103 cm³/mol. The molecule has 2 aliphatic rings. The summed E-state index contributed by atoms with van der Waals surface area (Å²) in [6.07, 6.45) is 4.09. The van der Waals surface area contributed by atoms with Gasteiger partial charge in [-0.1, -0.05) is 55.0 Å². The van der Waals surface area contributed by atoms with Crippen LogP contribution in [-0.4, -0.2) is 36.2 Å². The molecule has 4 nitrogen and oxygen atoms in total. The van der Waals surface area contributed by atoms with Gasteiger partial charge in [0.1, 0.15) is 6.04 Å². The van der Waals surface area contributed by atoms with E-state index < -0.39 is 12.0 Å². The molecule has 2 aromatic carbocycles. The number of fused-ring (bicyclic) bond motifs is 3. The second kappa shape index (κ2) is 7.60. The predicted octanol–water partition coefficient (Wildman–Crippen LogP) is 3.37. The van der Waals surface area contributed by atoms with Gasteiger partial charge in [-0.05, 0) is 48.1 Å². The van der Waals surface area contributed by atoms with Crippen molar-refractivity contribution in [2.75, 3.05) is 13.1 Å². The molecule has 1 fully saturated rings. The Hall–Kier alpha value is -2.17. The van der Waals surface area contributed by atoms with E-state index in [1.54, 1.807) is 0 Å². The average molecular weight is 350 g/mol. The molecule has 0 saturated carbocycles. The van der Waals surface area contributed by atoms with Crippen LogP contribution in [0.1, 0.15) is 42.7 Å². The second-order valence-corrected chi connectivity index (χ2v) is 7.41. The van der Waals surface area contributed by atoms with E-state index in [-0.39, 0.29) is 5.92 Å². The Balaban J connectivity index is 1.50. The molecule has 2 aromatic rings. The summed E-state index contributed by atoms with van der Waals surface area (Å²) < 4.78 is 0. The van der Waals surface area contributed by atoms with Crippen molar-refractivity contribution in [3.8, 4) is 11.1 Å². The molecular formula is C22H26N2O2. The minimum Gasteiger partial charge on any atom is -0.480 e. The van der Waals surface area contributed by atoms with Gasteiger partial charge in [0.2, 0.25) is 0 Å². The van der Waals surface area contributed by atoms with Gasteiger partial charge in [-0.15, -0.1) is 0 Å². The summed E-state index contributed by atoms with van der Waals surface area (Å²) in [6.45, 7) is 1.65. The molecule has 26 heavy (non-hydrogen) atoms. The smallest absolute Gasteiger partial charge is 0.320 e. The van der Waals surface area contributed by atoms with Gasteiger partial charge in [-0.3, -0.25) is 4.79 Å². The minimum absolute atomic E-state index is 0.212. The maximum absolute atomic E-state index is 11.8. The lowest BCUT2D eigenvalue weighted by Gasteiger charge is -2.27. The number of hydrogen-bond acceptors (Lipinski definition) is 3. The fourth-order valence-electron chi connectivity index (χ4n) is 4.42. The number of benzene rings is 2. The molecule has 2 atom stereocenters. The lowest BCUT2D eigenvalue weighted by Crippen LogP contribution is -2.45. The highest BCUT2D eigenvalue weighted by molar-refractivity contribution is 5.79. The standard InChI is InChI=1S/C22H26N2O2/c25-22(26)21(13-15-7-5-6-12-23-15)24-14-20-18-10-3-1-8-16(18)17-9-2-4-11-19(17)20/h1-4,8-11,15,20-21,23-24H,5-7,12-14H2,(H,25,26). The Kier molecular flexibility index (Phi) is 5.05. The van der Waals surface area contributed by atoms with E-state index in [1.807, 2.05) is 0 Å². The van der Waals surface area contributed by atoms with Gasteiger partial charge in [0.05, 0.1) is 0 Å². The van der Waals surface area contributed by atoms with Crippen LogP contribution in [0.4, 0.5) is 0 Å². The van der Waals surface area contributed by atoms with Crippen LogP contribution < -0.4 is 10.6 Å². The molecule has 0 amide bonds. The van der Waals surface area contributed by atoms with E-state index in [1.165, 1.54) is 35.1 Å². The van der Waals surface area contributed by atoms with Crippen LogP contribution in [0.25, 0.3) is 11.1 Å². The van der Waals surface area contributed by atoms with Crippen molar-refractivity contribution in [2.24, 2.45) is 0 Å². The monoisotopic (exact) mass is 350 g/mol. The zero-order valence-corrected chi connectivity index (χ0v) is 14.9. The molecule has 0 bridgehead atoms. The summed E-state index contributed by atoms with van der Waals surface area (Å²) in [5.41, 5.74) is 5.13. The molecule has 0 radical (unpaired) electrons. The Bertz CT molecular complexity index is 738. The van der Waals surface area contributed by atoms with Crippen LogP contribution >= 0.6 is 0 Å². The van der Waals surface area contributed by atoms with Crippen molar-refractivity contribution < 1.29 is 9.90 Å².